The fourth-order valence-corrected chi connectivity index (χ4v) is 1.67. The van der Waals surface area contributed by atoms with Crippen molar-refractivity contribution in [1.82, 2.24) is 0 Å². The Hall–Kier alpha value is -1.02. The van der Waals surface area contributed by atoms with Gasteiger partial charge < -0.3 is 10.1 Å². The first-order valence-electron chi connectivity index (χ1n) is 5.21. The third-order valence-electron chi connectivity index (χ3n) is 3.01. The molecule has 0 aliphatic carbocycles. The molecule has 1 heterocycles. The lowest BCUT2D eigenvalue weighted by Gasteiger charge is -2.41. The Kier molecular flexibility index (Phi) is 2.73. The van der Waals surface area contributed by atoms with Crippen LogP contribution >= 0.6 is 0 Å². The molecule has 2 heteroatoms. The summed E-state index contributed by atoms with van der Waals surface area (Å²) in [6.07, 6.45) is 1.19. The summed E-state index contributed by atoms with van der Waals surface area (Å²) in [5.41, 5.74) is 1.59. The van der Waals surface area contributed by atoms with Crippen LogP contribution in [0.2, 0.25) is 0 Å². The molecule has 0 spiro atoms. The van der Waals surface area contributed by atoms with Crippen LogP contribution in [0.25, 0.3) is 0 Å². The van der Waals surface area contributed by atoms with Gasteiger partial charge in [-0.3, -0.25) is 0 Å². The Morgan fingerprint density at radius 2 is 2.00 bits per heavy atom. The maximum absolute atomic E-state index is 5.28. The minimum absolute atomic E-state index is 0.385. The first-order chi connectivity index (χ1) is 6.85. The van der Waals surface area contributed by atoms with Crippen molar-refractivity contribution >= 4 is 5.69 Å². The smallest absolute Gasteiger partial charge is 0.0561 e. The Morgan fingerprint density at radius 1 is 1.29 bits per heavy atom. The van der Waals surface area contributed by atoms with E-state index < -0.39 is 0 Å². The van der Waals surface area contributed by atoms with Gasteiger partial charge in [0.2, 0.25) is 0 Å². The van der Waals surface area contributed by atoms with Crippen molar-refractivity contribution in [3.63, 3.8) is 0 Å². The van der Waals surface area contributed by atoms with Crippen molar-refractivity contribution in [1.29, 1.82) is 0 Å². The summed E-state index contributed by atoms with van der Waals surface area (Å²) in [5, 5.41) is 3.46. The summed E-state index contributed by atoms with van der Waals surface area (Å²) in [7, 11) is 0. The van der Waals surface area contributed by atoms with Gasteiger partial charge in [-0.1, -0.05) is 25.1 Å². The van der Waals surface area contributed by atoms with E-state index in [-0.39, 0.29) is 0 Å². The first-order valence-corrected chi connectivity index (χ1v) is 5.21. The van der Waals surface area contributed by atoms with Crippen LogP contribution in [-0.2, 0) is 4.74 Å². The summed E-state index contributed by atoms with van der Waals surface area (Å²) >= 11 is 0. The van der Waals surface area contributed by atoms with Gasteiger partial charge in [0, 0.05) is 17.6 Å². The summed E-state index contributed by atoms with van der Waals surface area (Å²) < 4.78 is 5.28. The Bertz CT molecular complexity index is 274. The molecule has 1 fully saturated rings. The van der Waals surface area contributed by atoms with Crippen molar-refractivity contribution < 1.29 is 4.74 Å². The molecule has 0 unspecified atom stereocenters. The van der Waals surface area contributed by atoms with Gasteiger partial charge in [-0.05, 0) is 18.6 Å². The fourth-order valence-electron chi connectivity index (χ4n) is 1.67. The van der Waals surface area contributed by atoms with E-state index in [1.165, 1.54) is 12.1 Å². The molecular formula is C12H17NO. The predicted octanol–water partition coefficient (Wildman–Crippen LogP) is 2.53. The van der Waals surface area contributed by atoms with Crippen LogP contribution in [-0.4, -0.2) is 19.8 Å². The van der Waals surface area contributed by atoms with Crippen molar-refractivity contribution in [2.45, 2.75) is 13.3 Å². The van der Waals surface area contributed by atoms with Gasteiger partial charge in [-0.15, -0.1) is 0 Å². The predicted molar refractivity (Wildman–Crippen MR) is 58.5 cm³/mol. The Morgan fingerprint density at radius 3 is 2.50 bits per heavy atom. The topological polar surface area (TPSA) is 21.3 Å². The number of anilines is 1. The minimum Gasteiger partial charge on any atom is -0.384 e. The lowest BCUT2D eigenvalue weighted by molar-refractivity contribution is -0.106. The third-order valence-corrected chi connectivity index (χ3v) is 3.01. The zero-order valence-corrected chi connectivity index (χ0v) is 8.62. The minimum atomic E-state index is 0.385. The largest absolute Gasteiger partial charge is 0.384 e. The zero-order chi connectivity index (χ0) is 9.86. The molecule has 1 saturated heterocycles. The van der Waals surface area contributed by atoms with Crippen LogP contribution < -0.4 is 5.32 Å². The van der Waals surface area contributed by atoms with E-state index in [1.807, 2.05) is 6.07 Å². The van der Waals surface area contributed by atoms with E-state index in [9.17, 15) is 0 Å². The quantitative estimate of drug-likeness (QED) is 0.789. The number of benzene rings is 1. The van der Waals surface area contributed by atoms with Crippen LogP contribution in [0.15, 0.2) is 30.3 Å². The normalized spacial score (nSPS) is 18.6. The highest BCUT2D eigenvalue weighted by molar-refractivity contribution is 5.42. The molecule has 0 atom stereocenters. The van der Waals surface area contributed by atoms with E-state index in [2.05, 4.69) is 36.5 Å². The summed E-state index contributed by atoms with van der Waals surface area (Å²) in [6.45, 7) is 5.06. The van der Waals surface area contributed by atoms with Gasteiger partial charge >= 0.3 is 0 Å². The molecule has 0 radical (unpaired) electrons. The van der Waals surface area contributed by atoms with E-state index in [1.54, 1.807) is 0 Å². The number of hydrogen-bond acceptors (Lipinski definition) is 2. The fraction of sp³-hybridized carbons (Fsp3) is 0.500. The SMILES string of the molecule is CCC1(CNc2ccccc2)COC1. The van der Waals surface area contributed by atoms with E-state index >= 15 is 0 Å². The third kappa shape index (κ3) is 1.90. The van der Waals surface area contributed by atoms with Crippen molar-refractivity contribution in [2.75, 3.05) is 25.1 Å². The molecule has 0 saturated carbocycles. The maximum atomic E-state index is 5.28. The van der Waals surface area contributed by atoms with Crippen LogP contribution in [0, 0.1) is 5.41 Å². The molecule has 1 aliphatic heterocycles. The van der Waals surface area contributed by atoms with Gasteiger partial charge in [0.15, 0.2) is 0 Å². The summed E-state index contributed by atoms with van der Waals surface area (Å²) in [5.74, 6) is 0. The number of ether oxygens (including phenoxy) is 1. The molecule has 76 valence electrons. The zero-order valence-electron chi connectivity index (χ0n) is 8.62. The first kappa shape index (κ1) is 9.53. The highest BCUT2D eigenvalue weighted by atomic mass is 16.5. The Labute approximate surface area is 85.3 Å². The van der Waals surface area contributed by atoms with Crippen molar-refractivity contribution in [3.8, 4) is 0 Å². The standard InChI is InChI=1S/C12H17NO/c1-2-12(9-14-10-12)8-13-11-6-4-3-5-7-11/h3-7,13H,2,8-10H2,1H3. The molecule has 2 rings (SSSR count). The van der Waals surface area contributed by atoms with E-state index in [4.69, 9.17) is 4.74 Å². The lowest BCUT2D eigenvalue weighted by atomic mass is 9.83. The molecular weight excluding hydrogens is 174 g/mol. The van der Waals surface area contributed by atoms with E-state index in [0.29, 0.717) is 5.41 Å². The lowest BCUT2D eigenvalue weighted by Crippen LogP contribution is -2.47. The molecule has 14 heavy (non-hydrogen) atoms. The molecule has 0 bridgehead atoms. The molecule has 0 amide bonds. The number of nitrogens with one attached hydrogen (secondary N) is 1. The average molecular weight is 191 g/mol. The number of rotatable bonds is 4. The number of hydrogen-bond donors (Lipinski definition) is 1. The Balaban J connectivity index is 1.88. The van der Waals surface area contributed by atoms with Crippen LogP contribution in [0.5, 0.6) is 0 Å². The monoisotopic (exact) mass is 191 g/mol. The van der Waals surface area contributed by atoms with Gasteiger partial charge in [0.05, 0.1) is 13.2 Å². The van der Waals surface area contributed by atoms with Gasteiger partial charge in [-0.25, -0.2) is 0 Å². The van der Waals surface area contributed by atoms with Gasteiger partial charge in [0.25, 0.3) is 0 Å². The molecule has 1 N–H and O–H groups in total. The van der Waals surface area contributed by atoms with E-state index in [0.717, 1.165) is 19.8 Å². The van der Waals surface area contributed by atoms with Crippen molar-refractivity contribution in [3.05, 3.63) is 30.3 Å². The molecule has 1 aromatic rings. The van der Waals surface area contributed by atoms with Crippen LogP contribution in [0.1, 0.15) is 13.3 Å². The molecule has 1 aromatic carbocycles. The molecule has 2 nitrogen and oxygen atoms in total. The second-order valence-corrected chi connectivity index (χ2v) is 4.07. The second kappa shape index (κ2) is 4.01. The molecule has 1 aliphatic rings. The van der Waals surface area contributed by atoms with Crippen molar-refractivity contribution in [2.24, 2.45) is 5.41 Å². The highest BCUT2D eigenvalue weighted by Crippen LogP contribution is 2.31. The average Bonchev–Trinajstić information content (AvgIpc) is 2.19. The van der Waals surface area contributed by atoms with Gasteiger partial charge in [-0.2, -0.15) is 0 Å². The van der Waals surface area contributed by atoms with Crippen LogP contribution in [0.3, 0.4) is 0 Å². The highest BCUT2D eigenvalue weighted by Gasteiger charge is 2.36. The maximum Gasteiger partial charge on any atom is 0.0561 e. The summed E-state index contributed by atoms with van der Waals surface area (Å²) in [4.78, 5) is 0. The van der Waals surface area contributed by atoms with Gasteiger partial charge in [0.1, 0.15) is 0 Å². The number of para-hydroxylation sites is 1. The van der Waals surface area contributed by atoms with Crippen LogP contribution in [0.4, 0.5) is 5.69 Å². The second-order valence-electron chi connectivity index (χ2n) is 4.07. The molecule has 0 aromatic heterocycles. The summed E-state index contributed by atoms with van der Waals surface area (Å²) in [6, 6.07) is 10.3.